The molecule has 1 aromatic rings. The highest BCUT2D eigenvalue weighted by Gasteiger charge is 2.23. The van der Waals surface area contributed by atoms with Crippen molar-refractivity contribution >= 4 is 17.3 Å². The normalized spacial score (nSPS) is 21.3. The second-order valence-corrected chi connectivity index (χ2v) is 5.11. The summed E-state index contributed by atoms with van der Waals surface area (Å²) in [4.78, 5) is 4.55. The number of piperazine rings is 1. The van der Waals surface area contributed by atoms with Gasteiger partial charge < -0.3 is 4.90 Å². The molecule has 0 bridgehead atoms. The van der Waals surface area contributed by atoms with Crippen LogP contribution in [0.15, 0.2) is 18.2 Å². The van der Waals surface area contributed by atoms with Gasteiger partial charge in [-0.1, -0.05) is 13.0 Å². The van der Waals surface area contributed by atoms with Gasteiger partial charge in [-0.3, -0.25) is 4.90 Å². The lowest BCUT2D eigenvalue weighted by Crippen LogP contribution is -2.51. The van der Waals surface area contributed by atoms with Gasteiger partial charge in [0.25, 0.3) is 0 Å². The highest BCUT2D eigenvalue weighted by atomic mass is 35.5. The molecule has 1 aliphatic heterocycles. The number of hydrogen-bond donors (Lipinski definition) is 0. The zero-order valence-corrected chi connectivity index (χ0v) is 11.8. The van der Waals surface area contributed by atoms with Crippen LogP contribution in [0.4, 0.5) is 10.1 Å². The van der Waals surface area contributed by atoms with Crippen molar-refractivity contribution in [3.05, 3.63) is 29.6 Å². The minimum Gasteiger partial charge on any atom is -0.366 e. The van der Waals surface area contributed by atoms with E-state index in [-0.39, 0.29) is 5.82 Å². The molecular weight excluding hydrogens is 251 g/mol. The molecular formula is C14H20ClFN2. The van der Waals surface area contributed by atoms with Crippen LogP contribution in [0.3, 0.4) is 0 Å². The number of rotatable bonds is 3. The molecule has 18 heavy (non-hydrogen) atoms. The molecule has 1 unspecified atom stereocenters. The van der Waals surface area contributed by atoms with E-state index in [0.29, 0.717) is 17.6 Å². The Morgan fingerprint density at radius 1 is 1.39 bits per heavy atom. The zero-order chi connectivity index (χ0) is 13.1. The van der Waals surface area contributed by atoms with Crippen LogP contribution in [0, 0.1) is 5.82 Å². The molecule has 0 aromatic heterocycles. The molecule has 0 spiro atoms. The van der Waals surface area contributed by atoms with Gasteiger partial charge in [-0.05, 0) is 31.2 Å². The van der Waals surface area contributed by atoms with Gasteiger partial charge >= 0.3 is 0 Å². The number of anilines is 1. The van der Waals surface area contributed by atoms with Gasteiger partial charge in [0.1, 0.15) is 5.82 Å². The van der Waals surface area contributed by atoms with Crippen LogP contribution in [-0.4, -0.2) is 37.1 Å². The fourth-order valence-corrected chi connectivity index (χ4v) is 2.74. The topological polar surface area (TPSA) is 6.48 Å². The predicted molar refractivity (Wildman–Crippen MR) is 74.9 cm³/mol. The quantitative estimate of drug-likeness (QED) is 0.779. The van der Waals surface area contributed by atoms with Crippen LogP contribution in [0.25, 0.3) is 0 Å². The summed E-state index contributed by atoms with van der Waals surface area (Å²) in [7, 11) is 0. The van der Waals surface area contributed by atoms with Crippen LogP contribution in [0.5, 0.6) is 0 Å². The van der Waals surface area contributed by atoms with Crippen LogP contribution >= 0.6 is 11.6 Å². The van der Waals surface area contributed by atoms with E-state index in [1.807, 2.05) is 12.1 Å². The van der Waals surface area contributed by atoms with E-state index >= 15 is 0 Å². The van der Waals surface area contributed by atoms with Crippen molar-refractivity contribution in [1.29, 1.82) is 0 Å². The Labute approximate surface area is 113 Å². The summed E-state index contributed by atoms with van der Waals surface area (Å²) in [5.41, 5.74) is 1.53. The summed E-state index contributed by atoms with van der Waals surface area (Å²) in [6.45, 7) is 8.18. The Hall–Kier alpha value is -0.800. The second kappa shape index (κ2) is 5.89. The van der Waals surface area contributed by atoms with Crippen molar-refractivity contribution in [2.45, 2.75) is 25.8 Å². The first-order chi connectivity index (χ1) is 8.65. The first-order valence-electron chi connectivity index (χ1n) is 6.49. The predicted octanol–water partition coefficient (Wildman–Crippen LogP) is 3.09. The summed E-state index contributed by atoms with van der Waals surface area (Å²) in [5.74, 6) is 0.197. The van der Waals surface area contributed by atoms with Gasteiger partial charge in [0.2, 0.25) is 0 Å². The average molecular weight is 271 g/mol. The minimum atomic E-state index is -0.162. The van der Waals surface area contributed by atoms with Crippen molar-refractivity contribution in [2.24, 2.45) is 0 Å². The maximum Gasteiger partial charge on any atom is 0.146 e. The number of nitrogens with zero attached hydrogens (tertiary/aromatic N) is 2. The third-order valence-electron chi connectivity index (χ3n) is 3.68. The van der Waals surface area contributed by atoms with E-state index < -0.39 is 0 Å². The molecule has 0 saturated carbocycles. The van der Waals surface area contributed by atoms with E-state index in [1.54, 1.807) is 6.07 Å². The highest BCUT2D eigenvalue weighted by molar-refractivity contribution is 6.17. The second-order valence-electron chi connectivity index (χ2n) is 4.84. The lowest BCUT2D eigenvalue weighted by atomic mass is 10.1. The van der Waals surface area contributed by atoms with E-state index in [0.717, 1.165) is 31.7 Å². The smallest absolute Gasteiger partial charge is 0.146 e. The van der Waals surface area contributed by atoms with Crippen LogP contribution in [-0.2, 0) is 5.88 Å². The summed E-state index contributed by atoms with van der Waals surface area (Å²) in [5, 5.41) is 0. The minimum absolute atomic E-state index is 0.162. The van der Waals surface area contributed by atoms with Crippen molar-refractivity contribution in [3.8, 4) is 0 Å². The third-order valence-corrected chi connectivity index (χ3v) is 3.99. The maximum absolute atomic E-state index is 14.0. The molecule has 0 amide bonds. The fraction of sp³-hybridized carbons (Fsp3) is 0.571. The lowest BCUT2D eigenvalue weighted by Gasteiger charge is -2.40. The molecule has 1 aliphatic rings. The van der Waals surface area contributed by atoms with Crippen molar-refractivity contribution in [2.75, 3.05) is 31.1 Å². The summed E-state index contributed by atoms with van der Waals surface area (Å²) in [6, 6.07) is 5.76. The van der Waals surface area contributed by atoms with Gasteiger partial charge in [0.15, 0.2) is 0 Å². The Morgan fingerprint density at radius 3 is 2.72 bits per heavy atom. The van der Waals surface area contributed by atoms with E-state index in [2.05, 4.69) is 23.6 Å². The Kier molecular flexibility index (Phi) is 4.46. The van der Waals surface area contributed by atoms with E-state index in [4.69, 9.17) is 11.6 Å². The third kappa shape index (κ3) is 2.78. The van der Waals surface area contributed by atoms with E-state index in [1.165, 1.54) is 0 Å². The van der Waals surface area contributed by atoms with Gasteiger partial charge in [0.05, 0.1) is 5.69 Å². The van der Waals surface area contributed by atoms with Gasteiger partial charge in [-0.25, -0.2) is 4.39 Å². The molecule has 2 rings (SSSR count). The number of alkyl halides is 1. The summed E-state index contributed by atoms with van der Waals surface area (Å²) in [6.07, 6.45) is 0. The summed E-state index contributed by atoms with van der Waals surface area (Å²) >= 11 is 5.71. The molecule has 1 heterocycles. The fourth-order valence-electron chi connectivity index (χ4n) is 2.57. The molecule has 4 heteroatoms. The lowest BCUT2D eigenvalue weighted by molar-refractivity contribution is 0.199. The molecule has 1 fully saturated rings. The van der Waals surface area contributed by atoms with Crippen molar-refractivity contribution < 1.29 is 4.39 Å². The molecule has 0 N–H and O–H groups in total. The van der Waals surface area contributed by atoms with Gasteiger partial charge in [-0.2, -0.15) is 0 Å². The molecule has 100 valence electrons. The highest BCUT2D eigenvalue weighted by Crippen LogP contribution is 2.24. The SMILES string of the molecule is CCN1CCN(c2ccc(CCl)cc2F)CC1C. The molecule has 1 saturated heterocycles. The zero-order valence-electron chi connectivity index (χ0n) is 11.0. The monoisotopic (exact) mass is 270 g/mol. The molecule has 1 aromatic carbocycles. The largest absolute Gasteiger partial charge is 0.366 e. The first kappa shape index (κ1) is 13.6. The standard InChI is InChI=1S/C14H20ClFN2/c1-3-17-6-7-18(10-11(17)2)14-5-4-12(9-15)8-13(14)16/h4-5,8,11H,3,6-7,9-10H2,1-2H3. The number of halogens is 2. The molecule has 2 nitrogen and oxygen atoms in total. The molecule has 0 radical (unpaired) electrons. The Morgan fingerprint density at radius 2 is 2.17 bits per heavy atom. The van der Waals surface area contributed by atoms with Crippen LogP contribution in [0.1, 0.15) is 19.4 Å². The molecule has 1 atom stereocenters. The first-order valence-corrected chi connectivity index (χ1v) is 7.02. The summed E-state index contributed by atoms with van der Waals surface area (Å²) < 4.78 is 14.0. The van der Waals surface area contributed by atoms with E-state index in [9.17, 15) is 4.39 Å². The van der Waals surface area contributed by atoms with Gasteiger partial charge in [-0.15, -0.1) is 11.6 Å². The van der Waals surface area contributed by atoms with Crippen molar-refractivity contribution in [1.82, 2.24) is 4.90 Å². The van der Waals surface area contributed by atoms with Gasteiger partial charge in [0, 0.05) is 31.6 Å². The Balaban J connectivity index is 2.13. The number of benzene rings is 1. The Bertz CT molecular complexity index is 411. The average Bonchev–Trinajstić information content (AvgIpc) is 2.38. The number of likely N-dealkylation sites (N-methyl/N-ethyl adjacent to an activating group) is 1. The van der Waals surface area contributed by atoms with Crippen LogP contribution in [0.2, 0.25) is 0 Å². The maximum atomic E-state index is 14.0. The number of hydrogen-bond acceptors (Lipinski definition) is 2. The molecule has 0 aliphatic carbocycles. The van der Waals surface area contributed by atoms with Crippen molar-refractivity contribution in [3.63, 3.8) is 0 Å². The van der Waals surface area contributed by atoms with Crippen LogP contribution < -0.4 is 4.90 Å².